The van der Waals surface area contributed by atoms with Crippen LogP contribution in [0.15, 0.2) is 35.7 Å². The average Bonchev–Trinajstić information content (AvgIpc) is 3.00. The molecule has 0 atom stereocenters. The maximum absolute atomic E-state index is 12.0. The van der Waals surface area contributed by atoms with Gasteiger partial charge in [0.15, 0.2) is 0 Å². The molecule has 0 aliphatic heterocycles. The third kappa shape index (κ3) is 2.85. The number of nitrogens with one attached hydrogen (secondary N) is 2. The van der Waals surface area contributed by atoms with Crippen LogP contribution >= 0.6 is 11.3 Å². The van der Waals surface area contributed by atoms with Crippen LogP contribution in [0.3, 0.4) is 0 Å². The Kier molecular flexibility index (Phi) is 3.80. The highest BCUT2D eigenvalue weighted by Crippen LogP contribution is 2.27. The number of hydrazine groups is 1. The summed E-state index contributed by atoms with van der Waals surface area (Å²) in [6, 6.07) is 8.14. The predicted octanol–water partition coefficient (Wildman–Crippen LogP) is 3.59. The zero-order valence-electron chi connectivity index (χ0n) is 12.2. The lowest BCUT2D eigenvalue weighted by Crippen LogP contribution is -2.36. The smallest absolute Gasteiger partial charge is 0.279 e. The second kappa shape index (κ2) is 5.74. The van der Waals surface area contributed by atoms with E-state index in [4.69, 9.17) is 0 Å². The SMILES string of the molecule is Cc1cc2c(cc1C)C(NNC(=O)c1cccs1)=CCC2. The molecular formula is C17H18N2OS. The number of rotatable bonds is 3. The zero-order chi connectivity index (χ0) is 14.8. The molecule has 1 heterocycles. The number of carbonyl (C=O) groups is 1. The molecule has 0 unspecified atom stereocenters. The van der Waals surface area contributed by atoms with Crippen molar-refractivity contribution in [2.75, 3.05) is 0 Å². The van der Waals surface area contributed by atoms with E-state index in [1.165, 1.54) is 33.6 Å². The first-order valence-corrected chi connectivity index (χ1v) is 7.93. The van der Waals surface area contributed by atoms with Crippen LogP contribution in [0.1, 0.15) is 38.3 Å². The number of aryl methyl sites for hydroxylation is 3. The van der Waals surface area contributed by atoms with E-state index >= 15 is 0 Å². The number of hydrogen-bond acceptors (Lipinski definition) is 3. The summed E-state index contributed by atoms with van der Waals surface area (Å²) in [7, 11) is 0. The molecule has 4 heteroatoms. The van der Waals surface area contributed by atoms with Crippen LogP contribution in [-0.4, -0.2) is 5.91 Å². The highest BCUT2D eigenvalue weighted by molar-refractivity contribution is 7.12. The van der Waals surface area contributed by atoms with Crippen molar-refractivity contribution >= 4 is 22.9 Å². The molecule has 2 N–H and O–H groups in total. The van der Waals surface area contributed by atoms with E-state index in [1.54, 1.807) is 0 Å². The maximum atomic E-state index is 12.0. The fraction of sp³-hybridized carbons (Fsp3) is 0.235. The molecular weight excluding hydrogens is 280 g/mol. The van der Waals surface area contributed by atoms with E-state index in [1.807, 2.05) is 17.5 Å². The van der Waals surface area contributed by atoms with Crippen molar-refractivity contribution in [2.45, 2.75) is 26.7 Å². The Morgan fingerprint density at radius 2 is 2.05 bits per heavy atom. The molecule has 0 saturated carbocycles. The number of carbonyl (C=O) groups excluding carboxylic acids is 1. The lowest BCUT2D eigenvalue weighted by Gasteiger charge is -2.21. The van der Waals surface area contributed by atoms with Crippen LogP contribution in [-0.2, 0) is 6.42 Å². The van der Waals surface area contributed by atoms with Gasteiger partial charge in [-0.1, -0.05) is 18.2 Å². The quantitative estimate of drug-likeness (QED) is 0.850. The summed E-state index contributed by atoms with van der Waals surface area (Å²) in [5, 5.41) is 1.90. The fourth-order valence-corrected chi connectivity index (χ4v) is 3.15. The molecule has 21 heavy (non-hydrogen) atoms. The summed E-state index contributed by atoms with van der Waals surface area (Å²) in [5.74, 6) is -0.0955. The Labute approximate surface area is 128 Å². The first-order valence-electron chi connectivity index (χ1n) is 7.05. The van der Waals surface area contributed by atoms with E-state index in [0.717, 1.165) is 18.5 Å². The van der Waals surface area contributed by atoms with Gasteiger partial charge in [0.1, 0.15) is 0 Å². The Morgan fingerprint density at radius 1 is 1.24 bits per heavy atom. The van der Waals surface area contributed by atoms with Crippen LogP contribution in [0, 0.1) is 13.8 Å². The minimum atomic E-state index is -0.0955. The van der Waals surface area contributed by atoms with E-state index in [-0.39, 0.29) is 5.91 Å². The van der Waals surface area contributed by atoms with Gasteiger partial charge < -0.3 is 0 Å². The number of amides is 1. The molecule has 1 aliphatic rings. The number of hydrogen-bond donors (Lipinski definition) is 2. The van der Waals surface area contributed by atoms with Gasteiger partial charge in [-0.2, -0.15) is 0 Å². The van der Waals surface area contributed by atoms with Crippen molar-refractivity contribution in [1.29, 1.82) is 0 Å². The molecule has 0 saturated heterocycles. The number of thiophene rings is 1. The molecule has 0 fully saturated rings. The van der Waals surface area contributed by atoms with Crippen molar-refractivity contribution in [3.05, 3.63) is 62.9 Å². The molecule has 1 aliphatic carbocycles. The average molecular weight is 298 g/mol. The molecule has 3 rings (SSSR count). The van der Waals surface area contributed by atoms with Crippen molar-refractivity contribution in [1.82, 2.24) is 10.9 Å². The van der Waals surface area contributed by atoms with Crippen LogP contribution < -0.4 is 10.9 Å². The zero-order valence-corrected chi connectivity index (χ0v) is 13.0. The monoisotopic (exact) mass is 298 g/mol. The molecule has 3 nitrogen and oxygen atoms in total. The Hall–Kier alpha value is -2.07. The number of allylic oxidation sites excluding steroid dienone is 1. The van der Waals surface area contributed by atoms with Crippen LogP contribution in [0.25, 0.3) is 5.70 Å². The third-order valence-electron chi connectivity index (χ3n) is 3.83. The van der Waals surface area contributed by atoms with E-state index in [0.29, 0.717) is 4.88 Å². The summed E-state index contributed by atoms with van der Waals surface area (Å²) >= 11 is 1.44. The minimum Gasteiger partial charge on any atom is -0.298 e. The van der Waals surface area contributed by atoms with Gasteiger partial charge in [-0.3, -0.25) is 15.6 Å². The first kappa shape index (κ1) is 13.9. The van der Waals surface area contributed by atoms with Crippen molar-refractivity contribution in [3.63, 3.8) is 0 Å². The molecule has 1 amide bonds. The first-order chi connectivity index (χ1) is 10.1. The lowest BCUT2D eigenvalue weighted by atomic mass is 9.91. The van der Waals surface area contributed by atoms with Gasteiger partial charge in [0.2, 0.25) is 0 Å². The van der Waals surface area contributed by atoms with Gasteiger partial charge in [-0.25, -0.2) is 0 Å². The molecule has 108 valence electrons. The predicted molar refractivity (Wildman–Crippen MR) is 87.1 cm³/mol. The Morgan fingerprint density at radius 3 is 2.81 bits per heavy atom. The maximum Gasteiger partial charge on any atom is 0.279 e. The van der Waals surface area contributed by atoms with Crippen LogP contribution in [0.4, 0.5) is 0 Å². The molecule has 0 spiro atoms. The van der Waals surface area contributed by atoms with Gasteiger partial charge in [-0.05, 0) is 60.9 Å². The standard InChI is InChI=1S/C17H18N2OS/c1-11-9-13-5-3-6-15(14(13)10-12(11)2)18-19-17(20)16-7-4-8-21-16/h4,6-10,18H,3,5H2,1-2H3,(H,19,20). The van der Waals surface area contributed by atoms with Crippen molar-refractivity contribution in [3.8, 4) is 0 Å². The summed E-state index contributed by atoms with van der Waals surface area (Å²) in [4.78, 5) is 12.7. The molecule has 1 aromatic heterocycles. The molecule has 2 aromatic rings. The highest BCUT2D eigenvalue weighted by Gasteiger charge is 2.15. The van der Waals surface area contributed by atoms with Gasteiger partial charge >= 0.3 is 0 Å². The van der Waals surface area contributed by atoms with Crippen molar-refractivity contribution < 1.29 is 4.79 Å². The van der Waals surface area contributed by atoms with E-state index < -0.39 is 0 Å². The van der Waals surface area contributed by atoms with E-state index in [2.05, 4.69) is 42.9 Å². The molecule has 0 bridgehead atoms. The van der Waals surface area contributed by atoms with Crippen molar-refractivity contribution in [2.24, 2.45) is 0 Å². The Balaban J connectivity index is 1.77. The summed E-state index contributed by atoms with van der Waals surface area (Å²) in [6.07, 6.45) is 4.19. The topological polar surface area (TPSA) is 41.1 Å². The van der Waals surface area contributed by atoms with Gasteiger partial charge in [-0.15, -0.1) is 11.3 Å². The molecule has 0 radical (unpaired) electrons. The van der Waals surface area contributed by atoms with E-state index in [9.17, 15) is 4.79 Å². The minimum absolute atomic E-state index is 0.0955. The number of fused-ring (bicyclic) bond motifs is 1. The largest absolute Gasteiger partial charge is 0.298 e. The lowest BCUT2D eigenvalue weighted by molar-refractivity contribution is 0.0946. The van der Waals surface area contributed by atoms with Gasteiger partial charge in [0.25, 0.3) is 5.91 Å². The van der Waals surface area contributed by atoms with Crippen LogP contribution in [0.5, 0.6) is 0 Å². The summed E-state index contributed by atoms with van der Waals surface area (Å²) in [6.45, 7) is 4.26. The normalized spacial score (nSPS) is 13.3. The molecule has 1 aromatic carbocycles. The summed E-state index contributed by atoms with van der Waals surface area (Å²) in [5.41, 5.74) is 12.0. The Bertz CT molecular complexity index is 702. The number of benzene rings is 1. The summed E-state index contributed by atoms with van der Waals surface area (Å²) < 4.78 is 0. The van der Waals surface area contributed by atoms with Gasteiger partial charge in [0, 0.05) is 5.56 Å². The van der Waals surface area contributed by atoms with Crippen LogP contribution in [0.2, 0.25) is 0 Å². The fourth-order valence-electron chi connectivity index (χ4n) is 2.53. The van der Waals surface area contributed by atoms with Gasteiger partial charge in [0.05, 0.1) is 10.6 Å². The highest BCUT2D eigenvalue weighted by atomic mass is 32.1. The second-order valence-corrected chi connectivity index (χ2v) is 6.25. The second-order valence-electron chi connectivity index (χ2n) is 5.31. The third-order valence-corrected chi connectivity index (χ3v) is 4.70.